The molecule has 0 aliphatic carbocycles. The smallest absolute Gasteiger partial charge is 0.387 e. The van der Waals surface area contributed by atoms with Crippen LogP contribution in [0.3, 0.4) is 0 Å². The molecule has 0 radical (unpaired) electrons. The Balaban J connectivity index is 1.66. The first-order valence-corrected chi connectivity index (χ1v) is 11.1. The fraction of sp³-hybridized carbons (Fsp3) is 0.348. The maximum Gasteiger partial charge on any atom is 0.387 e. The van der Waals surface area contributed by atoms with Gasteiger partial charge in [-0.15, -0.1) is 0 Å². The van der Waals surface area contributed by atoms with E-state index >= 15 is 0 Å². The molecule has 2 aromatic rings. The fourth-order valence-corrected chi connectivity index (χ4v) is 4.34. The average Bonchev–Trinajstić information content (AvgIpc) is 2.75. The van der Waals surface area contributed by atoms with E-state index in [0.717, 1.165) is 36.7 Å². The Morgan fingerprint density at radius 1 is 1.26 bits per heavy atom. The number of carbonyl (C=O) groups is 1. The molecule has 8 heteroatoms. The van der Waals surface area contributed by atoms with E-state index in [1.165, 1.54) is 30.9 Å². The molecule has 31 heavy (non-hydrogen) atoms. The highest BCUT2D eigenvalue weighted by Crippen LogP contribution is 2.33. The molecule has 1 N–H and O–H groups in total. The molecule has 3 rings (SSSR count). The summed E-state index contributed by atoms with van der Waals surface area (Å²) in [5.41, 5.74) is 3.21. The fourth-order valence-electron chi connectivity index (χ4n) is 3.36. The molecule has 0 unspecified atom stereocenters. The molecule has 2 aromatic carbocycles. The quantitative estimate of drug-likeness (QED) is 0.588. The van der Waals surface area contributed by atoms with Crippen molar-refractivity contribution in [1.82, 2.24) is 4.90 Å². The van der Waals surface area contributed by atoms with E-state index in [2.05, 4.69) is 21.0 Å². The Labute approximate surface area is 185 Å². The van der Waals surface area contributed by atoms with Gasteiger partial charge in [-0.1, -0.05) is 24.3 Å². The molecule has 1 saturated heterocycles. The van der Waals surface area contributed by atoms with Crippen LogP contribution in [0.15, 0.2) is 42.5 Å². The molecule has 1 fully saturated rings. The highest BCUT2D eigenvalue weighted by atomic mass is 32.2. The van der Waals surface area contributed by atoms with E-state index in [-0.39, 0.29) is 17.4 Å². The summed E-state index contributed by atoms with van der Waals surface area (Å²) in [5.74, 6) is 2.02. The molecule has 0 aromatic heterocycles. The standard InChI is InChI=1S/C23H26F2N2O3S/c1-16-14-17(15-27-10-12-31-13-11-27)6-8-19(16)26-21(28)9-7-18-4-3-5-20(29-2)22(18)30-23(24)25/h3-9,14,23H,10-13,15H2,1-2H3,(H,26,28)/b9-7+. The molecule has 1 heterocycles. The van der Waals surface area contributed by atoms with Gasteiger partial charge in [0, 0.05) is 48.5 Å². The number of methoxy groups -OCH3 is 1. The summed E-state index contributed by atoms with van der Waals surface area (Å²) >= 11 is 1.98. The number of alkyl halides is 2. The minimum absolute atomic E-state index is 0.110. The lowest BCUT2D eigenvalue weighted by Gasteiger charge is -2.26. The number of halogens is 2. The van der Waals surface area contributed by atoms with Gasteiger partial charge in [-0.05, 0) is 36.3 Å². The molecule has 0 spiro atoms. The number of anilines is 1. The van der Waals surface area contributed by atoms with Crippen LogP contribution >= 0.6 is 11.8 Å². The van der Waals surface area contributed by atoms with Crippen molar-refractivity contribution in [3.8, 4) is 11.5 Å². The number of ether oxygens (including phenoxy) is 2. The van der Waals surface area contributed by atoms with Crippen LogP contribution < -0.4 is 14.8 Å². The minimum atomic E-state index is -3.00. The predicted octanol–water partition coefficient (Wildman–Crippen LogP) is 4.81. The second-order valence-electron chi connectivity index (χ2n) is 7.12. The summed E-state index contributed by atoms with van der Waals surface area (Å²) in [6.45, 7) is 2.04. The molecule has 1 aliphatic rings. The largest absolute Gasteiger partial charge is 0.493 e. The van der Waals surface area contributed by atoms with E-state index < -0.39 is 6.61 Å². The van der Waals surface area contributed by atoms with Gasteiger partial charge in [0.15, 0.2) is 11.5 Å². The van der Waals surface area contributed by atoms with Crippen molar-refractivity contribution in [2.24, 2.45) is 0 Å². The number of rotatable bonds is 8. The van der Waals surface area contributed by atoms with Gasteiger partial charge in [0.2, 0.25) is 5.91 Å². The second kappa shape index (κ2) is 11.2. The number of benzene rings is 2. The number of thioether (sulfide) groups is 1. The van der Waals surface area contributed by atoms with Gasteiger partial charge >= 0.3 is 6.61 Å². The van der Waals surface area contributed by atoms with E-state index in [1.54, 1.807) is 12.1 Å². The second-order valence-corrected chi connectivity index (χ2v) is 8.34. The van der Waals surface area contributed by atoms with Gasteiger partial charge < -0.3 is 14.8 Å². The molecule has 0 atom stereocenters. The van der Waals surface area contributed by atoms with E-state index in [1.807, 2.05) is 30.8 Å². The number of hydrogen-bond donors (Lipinski definition) is 1. The Kier molecular flexibility index (Phi) is 8.31. The van der Waals surface area contributed by atoms with Crippen molar-refractivity contribution in [1.29, 1.82) is 0 Å². The zero-order chi connectivity index (χ0) is 22.2. The number of para-hydroxylation sites is 1. The molecule has 1 amide bonds. The normalized spacial score (nSPS) is 14.7. The van der Waals surface area contributed by atoms with Crippen molar-refractivity contribution in [2.75, 3.05) is 37.0 Å². The van der Waals surface area contributed by atoms with Crippen molar-refractivity contribution >= 4 is 29.4 Å². The molecule has 1 aliphatic heterocycles. The average molecular weight is 449 g/mol. The summed E-state index contributed by atoms with van der Waals surface area (Å²) in [4.78, 5) is 14.8. The van der Waals surface area contributed by atoms with Crippen LogP contribution in [-0.4, -0.2) is 49.1 Å². The number of nitrogens with one attached hydrogen (secondary N) is 1. The van der Waals surface area contributed by atoms with Gasteiger partial charge in [-0.25, -0.2) is 0 Å². The van der Waals surface area contributed by atoms with Crippen molar-refractivity contribution in [2.45, 2.75) is 20.1 Å². The monoisotopic (exact) mass is 448 g/mol. The van der Waals surface area contributed by atoms with Crippen molar-refractivity contribution in [3.05, 3.63) is 59.2 Å². The number of carbonyl (C=O) groups excluding carboxylic acids is 1. The minimum Gasteiger partial charge on any atom is -0.493 e. The first kappa shape index (κ1) is 23.1. The molecule has 5 nitrogen and oxygen atoms in total. The van der Waals surface area contributed by atoms with E-state index in [9.17, 15) is 13.6 Å². The zero-order valence-electron chi connectivity index (χ0n) is 17.6. The number of aryl methyl sites for hydroxylation is 1. The summed E-state index contributed by atoms with van der Waals surface area (Å²) in [6, 6.07) is 10.7. The van der Waals surface area contributed by atoms with E-state index in [0.29, 0.717) is 11.3 Å². The van der Waals surface area contributed by atoms with Crippen LogP contribution in [0.5, 0.6) is 11.5 Å². The summed E-state index contributed by atoms with van der Waals surface area (Å²) in [7, 11) is 1.37. The number of hydrogen-bond acceptors (Lipinski definition) is 5. The van der Waals surface area contributed by atoms with Crippen molar-refractivity contribution < 1.29 is 23.0 Å². The summed E-state index contributed by atoms with van der Waals surface area (Å²) in [5, 5.41) is 2.84. The lowest BCUT2D eigenvalue weighted by Crippen LogP contribution is -2.31. The third kappa shape index (κ3) is 6.70. The van der Waals surface area contributed by atoms with Crippen LogP contribution in [0.1, 0.15) is 16.7 Å². The number of nitrogens with zero attached hydrogens (tertiary/aromatic N) is 1. The summed E-state index contributed by atoms with van der Waals surface area (Å²) < 4.78 is 35.1. The van der Waals surface area contributed by atoms with Crippen LogP contribution in [-0.2, 0) is 11.3 Å². The van der Waals surface area contributed by atoms with E-state index in [4.69, 9.17) is 4.74 Å². The van der Waals surface area contributed by atoms with Crippen LogP contribution in [0.4, 0.5) is 14.5 Å². The topological polar surface area (TPSA) is 50.8 Å². The summed E-state index contributed by atoms with van der Waals surface area (Å²) in [6.07, 6.45) is 2.71. The first-order valence-electron chi connectivity index (χ1n) is 9.97. The van der Waals surface area contributed by atoms with Crippen LogP contribution in [0.2, 0.25) is 0 Å². The number of amides is 1. The SMILES string of the molecule is COc1cccc(/C=C/C(=O)Nc2ccc(CN3CCSCC3)cc2C)c1OC(F)F. The van der Waals surface area contributed by atoms with Crippen LogP contribution in [0.25, 0.3) is 6.08 Å². The maximum atomic E-state index is 12.7. The van der Waals surface area contributed by atoms with Gasteiger partial charge in [-0.3, -0.25) is 9.69 Å². The van der Waals surface area contributed by atoms with Gasteiger partial charge in [0.25, 0.3) is 0 Å². The molecular weight excluding hydrogens is 422 g/mol. The van der Waals surface area contributed by atoms with Gasteiger partial charge in [-0.2, -0.15) is 20.5 Å². The molecule has 0 saturated carbocycles. The lowest BCUT2D eigenvalue weighted by atomic mass is 10.1. The highest BCUT2D eigenvalue weighted by molar-refractivity contribution is 7.99. The molecular formula is C23H26F2N2O3S. The Hall–Kier alpha value is -2.58. The van der Waals surface area contributed by atoms with Gasteiger partial charge in [0.05, 0.1) is 7.11 Å². The third-order valence-electron chi connectivity index (χ3n) is 4.91. The first-order chi connectivity index (χ1) is 15.0. The molecule has 0 bridgehead atoms. The third-order valence-corrected chi connectivity index (χ3v) is 5.85. The van der Waals surface area contributed by atoms with Crippen molar-refractivity contribution in [3.63, 3.8) is 0 Å². The zero-order valence-corrected chi connectivity index (χ0v) is 18.4. The predicted molar refractivity (Wildman–Crippen MR) is 121 cm³/mol. The Bertz CT molecular complexity index is 931. The van der Waals surface area contributed by atoms with Gasteiger partial charge in [0.1, 0.15) is 0 Å². The maximum absolute atomic E-state index is 12.7. The lowest BCUT2D eigenvalue weighted by molar-refractivity contribution is -0.111. The Morgan fingerprint density at radius 3 is 2.71 bits per heavy atom. The van der Waals surface area contributed by atoms with Crippen LogP contribution in [0, 0.1) is 6.92 Å². The Morgan fingerprint density at radius 2 is 2.03 bits per heavy atom. The highest BCUT2D eigenvalue weighted by Gasteiger charge is 2.14. The molecule has 166 valence electrons.